The summed E-state index contributed by atoms with van der Waals surface area (Å²) in [5, 5.41) is 0. The minimum Gasteiger partial charge on any atom is -0.498 e. The van der Waals surface area contributed by atoms with E-state index in [-0.39, 0.29) is 5.60 Å². The summed E-state index contributed by atoms with van der Waals surface area (Å²) in [7, 11) is 0. The van der Waals surface area contributed by atoms with Gasteiger partial charge in [0.05, 0.1) is 6.26 Å². The lowest BCUT2D eigenvalue weighted by atomic mass is 9.98. The number of hydrogen-bond donors (Lipinski definition) is 0. The number of rotatable bonds is 5. The van der Waals surface area contributed by atoms with Gasteiger partial charge in [0.15, 0.2) is 0 Å². The van der Waals surface area contributed by atoms with Crippen molar-refractivity contribution in [2.75, 3.05) is 13.2 Å². The number of hydrogen-bond acceptors (Lipinski definition) is 2. The molecule has 1 aliphatic heterocycles. The molecule has 2 rings (SSSR count). The highest BCUT2D eigenvalue weighted by Gasteiger charge is 2.33. The quantitative estimate of drug-likeness (QED) is 0.730. The Bertz CT molecular complexity index is 389. The Balaban J connectivity index is 1.91. The van der Waals surface area contributed by atoms with Crippen molar-refractivity contribution < 1.29 is 9.47 Å². The highest BCUT2D eigenvalue weighted by molar-refractivity contribution is 5.62. The molecule has 1 aliphatic rings. The van der Waals surface area contributed by atoms with E-state index >= 15 is 0 Å². The third-order valence-corrected chi connectivity index (χ3v) is 3.66. The Morgan fingerprint density at radius 2 is 2.17 bits per heavy atom. The first-order valence-corrected chi connectivity index (χ1v) is 6.73. The van der Waals surface area contributed by atoms with Crippen molar-refractivity contribution in [1.29, 1.82) is 0 Å². The van der Waals surface area contributed by atoms with E-state index in [1.54, 1.807) is 0 Å². The maximum Gasteiger partial charge on any atom is 0.116 e. The summed E-state index contributed by atoms with van der Waals surface area (Å²) in [5.74, 6) is 0. The van der Waals surface area contributed by atoms with Gasteiger partial charge in [-0.15, -0.1) is 0 Å². The van der Waals surface area contributed by atoms with Crippen LogP contribution in [-0.4, -0.2) is 18.8 Å². The van der Waals surface area contributed by atoms with Crippen molar-refractivity contribution in [1.82, 2.24) is 0 Å². The van der Waals surface area contributed by atoms with E-state index in [0.717, 1.165) is 31.4 Å². The zero-order valence-corrected chi connectivity index (χ0v) is 11.3. The van der Waals surface area contributed by atoms with Crippen molar-refractivity contribution >= 4 is 5.57 Å². The molecule has 2 nitrogen and oxygen atoms in total. The van der Waals surface area contributed by atoms with Crippen LogP contribution in [0.1, 0.15) is 38.7 Å². The predicted octanol–water partition coefficient (Wildman–Crippen LogP) is 4.02. The number of ether oxygens (including phenoxy) is 2. The number of benzene rings is 1. The molecular weight excluding hydrogens is 224 g/mol. The summed E-state index contributed by atoms with van der Waals surface area (Å²) in [6.45, 7) is 5.78. The molecule has 0 spiro atoms. The molecule has 18 heavy (non-hydrogen) atoms. The van der Waals surface area contributed by atoms with Crippen LogP contribution in [0.3, 0.4) is 0 Å². The zero-order valence-electron chi connectivity index (χ0n) is 11.3. The third kappa shape index (κ3) is 3.14. The van der Waals surface area contributed by atoms with Crippen LogP contribution in [0.2, 0.25) is 0 Å². The average molecular weight is 246 g/mol. The molecule has 0 bridgehead atoms. The highest BCUT2D eigenvalue weighted by atomic mass is 16.5. The van der Waals surface area contributed by atoms with Gasteiger partial charge in [-0.3, -0.25) is 0 Å². The minimum atomic E-state index is -0.0481. The lowest BCUT2D eigenvalue weighted by Gasteiger charge is -2.25. The van der Waals surface area contributed by atoms with E-state index in [0.29, 0.717) is 6.61 Å². The van der Waals surface area contributed by atoms with Gasteiger partial charge in [0.2, 0.25) is 0 Å². The first kappa shape index (κ1) is 13.2. The van der Waals surface area contributed by atoms with Crippen molar-refractivity contribution in [3.05, 3.63) is 42.2 Å². The molecule has 0 radical (unpaired) electrons. The first-order valence-electron chi connectivity index (χ1n) is 6.73. The van der Waals surface area contributed by atoms with Gasteiger partial charge < -0.3 is 9.47 Å². The van der Waals surface area contributed by atoms with Crippen LogP contribution in [0, 0.1) is 0 Å². The molecule has 0 saturated carbocycles. The summed E-state index contributed by atoms with van der Waals surface area (Å²) in [6, 6.07) is 10.3. The van der Waals surface area contributed by atoms with E-state index in [4.69, 9.17) is 9.47 Å². The second-order valence-corrected chi connectivity index (χ2v) is 4.97. The Kier molecular flexibility index (Phi) is 4.43. The van der Waals surface area contributed by atoms with Crippen LogP contribution in [0.4, 0.5) is 0 Å². The average Bonchev–Trinajstić information content (AvgIpc) is 2.89. The molecule has 0 aromatic heterocycles. The van der Waals surface area contributed by atoms with Gasteiger partial charge in [-0.25, -0.2) is 0 Å². The molecule has 1 fully saturated rings. The van der Waals surface area contributed by atoms with Crippen LogP contribution in [0.15, 0.2) is 36.6 Å². The van der Waals surface area contributed by atoms with Gasteiger partial charge in [0, 0.05) is 6.61 Å². The van der Waals surface area contributed by atoms with E-state index in [1.807, 2.05) is 24.5 Å². The number of allylic oxidation sites excluding steroid dienone is 1. The normalized spacial score (nSPS) is 24.2. The Labute approximate surface area is 110 Å². The molecule has 1 heterocycles. The predicted molar refractivity (Wildman–Crippen MR) is 74.3 cm³/mol. The molecule has 0 N–H and O–H groups in total. The summed E-state index contributed by atoms with van der Waals surface area (Å²) >= 11 is 0. The molecule has 2 heteroatoms. The maximum absolute atomic E-state index is 5.82. The van der Waals surface area contributed by atoms with Gasteiger partial charge in [0.1, 0.15) is 12.2 Å². The van der Waals surface area contributed by atoms with E-state index < -0.39 is 0 Å². The molecule has 0 amide bonds. The van der Waals surface area contributed by atoms with Crippen molar-refractivity contribution in [3.8, 4) is 0 Å². The molecule has 1 aromatic rings. The standard InChI is InChI=1S/C16H22O2/c1-3-16(10-7-11-18-16)13-17-12-14(2)15-8-5-4-6-9-15/h4-6,8-9,12H,3,7,10-11,13H2,1-2H3/b14-12-. The van der Waals surface area contributed by atoms with Gasteiger partial charge in [-0.2, -0.15) is 0 Å². The molecule has 1 unspecified atom stereocenters. The monoisotopic (exact) mass is 246 g/mol. The fourth-order valence-corrected chi connectivity index (χ4v) is 2.34. The lowest BCUT2D eigenvalue weighted by molar-refractivity contribution is -0.0443. The Hall–Kier alpha value is -1.28. The van der Waals surface area contributed by atoms with Gasteiger partial charge >= 0.3 is 0 Å². The molecule has 0 aliphatic carbocycles. The molecule has 1 atom stereocenters. The minimum absolute atomic E-state index is 0.0481. The van der Waals surface area contributed by atoms with E-state index in [1.165, 1.54) is 5.56 Å². The lowest BCUT2D eigenvalue weighted by Crippen LogP contribution is -2.32. The van der Waals surface area contributed by atoms with Crippen LogP contribution in [0.25, 0.3) is 5.57 Å². The van der Waals surface area contributed by atoms with Crippen LogP contribution in [0.5, 0.6) is 0 Å². The van der Waals surface area contributed by atoms with Crippen molar-refractivity contribution in [2.45, 2.75) is 38.7 Å². The smallest absolute Gasteiger partial charge is 0.116 e. The van der Waals surface area contributed by atoms with Gasteiger partial charge in [0.25, 0.3) is 0 Å². The highest BCUT2D eigenvalue weighted by Crippen LogP contribution is 2.29. The largest absolute Gasteiger partial charge is 0.498 e. The summed E-state index contributed by atoms with van der Waals surface area (Å²) in [5.41, 5.74) is 2.31. The third-order valence-electron chi connectivity index (χ3n) is 3.66. The van der Waals surface area contributed by atoms with Gasteiger partial charge in [-0.05, 0) is 37.3 Å². The first-order chi connectivity index (χ1) is 8.76. The topological polar surface area (TPSA) is 18.5 Å². The Morgan fingerprint density at radius 1 is 1.39 bits per heavy atom. The molecule has 1 aromatic carbocycles. The summed E-state index contributed by atoms with van der Waals surface area (Å²) in [4.78, 5) is 0. The zero-order chi connectivity index (χ0) is 12.8. The molecule has 98 valence electrons. The van der Waals surface area contributed by atoms with E-state index in [2.05, 4.69) is 26.0 Å². The van der Waals surface area contributed by atoms with Crippen LogP contribution in [-0.2, 0) is 9.47 Å². The van der Waals surface area contributed by atoms with Gasteiger partial charge in [-0.1, -0.05) is 37.3 Å². The second-order valence-electron chi connectivity index (χ2n) is 4.97. The second kappa shape index (κ2) is 6.05. The maximum atomic E-state index is 5.82. The SMILES string of the molecule is CCC1(CO/C=C(/C)c2ccccc2)CCCO1. The van der Waals surface area contributed by atoms with E-state index in [9.17, 15) is 0 Å². The molecule has 1 saturated heterocycles. The van der Waals surface area contributed by atoms with Crippen LogP contribution < -0.4 is 0 Å². The van der Waals surface area contributed by atoms with Crippen molar-refractivity contribution in [2.24, 2.45) is 0 Å². The molecular formula is C16H22O2. The fraction of sp³-hybridized carbons (Fsp3) is 0.500. The summed E-state index contributed by atoms with van der Waals surface area (Å²) in [6.07, 6.45) is 5.14. The summed E-state index contributed by atoms with van der Waals surface area (Å²) < 4.78 is 11.6. The van der Waals surface area contributed by atoms with Crippen molar-refractivity contribution in [3.63, 3.8) is 0 Å². The fourth-order valence-electron chi connectivity index (χ4n) is 2.34. The Morgan fingerprint density at radius 3 is 2.78 bits per heavy atom. The van der Waals surface area contributed by atoms with Crippen LogP contribution >= 0.6 is 0 Å².